The topological polar surface area (TPSA) is 62.6 Å². The predicted octanol–water partition coefficient (Wildman–Crippen LogP) is 5.09. The van der Waals surface area contributed by atoms with Crippen LogP contribution in [0.3, 0.4) is 0 Å². The van der Waals surface area contributed by atoms with Crippen LogP contribution in [0.5, 0.6) is 5.75 Å². The van der Waals surface area contributed by atoms with Gasteiger partial charge in [0, 0.05) is 24.0 Å². The summed E-state index contributed by atoms with van der Waals surface area (Å²) in [5, 5.41) is 0. The lowest BCUT2D eigenvalue weighted by Gasteiger charge is -2.29. The minimum Gasteiger partial charge on any atom is -0.426 e. The number of aromatic nitrogens is 2. The molecule has 4 aromatic rings. The molecule has 0 bridgehead atoms. The van der Waals surface area contributed by atoms with E-state index in [9.17, 15) is 13.6 Å². The molecule has 0 amide bonds. The molecular weight excluding hydrogens is 454 g/mol. The van der Waals surface area contributed by atoms with E-state index in [0.29, 0.717) is 6.54 Å². The molecular formula is C27H22F2N2O4. The third kappa shape index (κ3) is 5.13. The zero-order valence-electron chi connectivity index (χ0n) is 18.6. The minimum atomic E-state index is -1.14. The Bertz CT molecular complexity index is 1300. The van der Waals surface area contributed by atoms with E-state index in [1.54, 1.807) is 18.7 Å². The Morgan fingerprint density at radius 3 is 2.51 bits per heavy atom. The molecule has 35 heavy (non-hydrogen) atoms. The molecule has 0 saturated carbocycles. The van der Waals surface area contributed by atoms with Crippen molar-refractivity contribution in [2.24, 2.45) is 0 Å². The summed E-state index contributed by atoms with van der Waals surface area (Å²) in [6.07, 6.45) is 4.42. The van der Waals surface area contributed by atoms with Gasteiger partial charge in [0.2, 0.25) is 5.79 Å². The van der Waals surface area contributed by atoms with Crippen LogP contribution < -0.4 is 4.74 Å². The average molecular weight is 476 g/mol. The first kappa shape index (κ1) is 22.9. The first-order valence-corrected chi connectivity index (χ1v) is 11.1. The molecule has 2 heterocycles. The van der Waals surface area contributed by atoms with Gasteiger partial charge in [-0.15, -0.1) is 0 Å². The SMILES string of the molecule is O=C(C[C@H]1CO[C@](Cn2ccnc2)(c2ccc(-c3ccccc3)cc2)O1)Oc1ccc(F)c(F)c1. The van der Waals surface area contributed by atoms with Crippen LogP contribution in [-0.2, 0) is 26.6 Å². The average Bonchev–Trinajstić information content (AvgIpc) is 3.53. The molecule has 0 unspecified atom stereocenters. The summed E-state index contributed by atoms with van der Waals surface area (Å²) >= 11 is 0. The number of carbonyl (C=O) groups excluding carboxylic acids is 1. The van der Waals surface area contributed by atoms with Gasteiger partial charge in [-0.2, -0.15) is 0 Å². The Morgan fingerprint density at radius 1 is 1.03 bits per heavy atom. The maximum atomic E-state index is 13.4. The van der Waals surface area contributed by atoms with E-state index in [0.717, 1.165) is 28.8 Å². The summed E-state index contributed by atoms with van der Waals surface area (Å²) in [5.74, 6) is -3.95. The Balaban J connectivity index is 1.33. The highest BCUT2D eigenvalue weighted by molar-refractivity contribution is 5.73. The van der Waals surface area contributed by atoms with Gasteiger partial charge in [0.05, 0.1) is 32.0 Å². The van der Waals surface area contributed by atoms with E-state index < -0.39 is 29.5 Å². The van der Waals surface area contributed by atoms with Crippen molar-refractivity contribution in [2.75, 3.05) is 6.61 Å². The highest BCUT2D eigenvalue weighted by atomic mass is 19.2. The van der Waals surface area contributed by atoms with Crippen molar-refractivity contribution in [1.29, 1.82) is 0 Å². The summed E-state index contributed by atoms with van der Waals surface area (Å²) in [7, 11) is 0. The van der Waals surface area contributed by atoms with Crippen molar-refractivity contribution in [1.82, 2.24) is 9.55 Å². The third-order valence-corrected chi connectivity index (χ3v) is 5.76. The highest BCUT2D eigenvalue weighted by Crippen LogP contribution is 2.38. The van der Waals surface area contributed by atoms with Crippen molar-refractivity contribution in [3.05, 3.63) is 109 Å². The standard InChI is InChI=1S/C27H22F2N2O4/c28-24-11-10-22(14-25(24)29)34-26(32)15-23-16-33-27(35-23,17-31-13-12-30-18-31)21-8-6-20(7-9-21)19-4-2-1-3-5-19/h1-14,18,23H,15-17H2/t23-,27-/m0/s1. The second-order valence-corrected chi connectivity index (χ2v) is 8.24. The lowest BCUT2D eigenvalue weighted by molar-refractivity contribution is -0.188. The molecule has 6 nitrogen and oxygen atoms in total. The Morgan fingerprint density at radius 2 is 1.80 bits per heavy atom. The molecule has 178 valence electrons. The number of ether oxygens (including phenoxy) is 3. The van der Waals surface area contributed by atoms with Crippen LogP contribution in [0.25, 0.3) is 11.1 Å². The van der Waals surface area contributed by atoms with Crippen LogP contribution in [0, 0.1) is 11.6 Å². The van der Waals surface area contributed by atoms with Crippen molar-refractivity contribution in [3.8, 4) is 16.9 Å². The van der Waals surface area contributed by atoms with Crippen LogP contribution >= 0.6 is 0 Å². The van der Waals surface area contributed by atoms with Crippen molar-refractivity contribution < 1.29 is 27.8 Å². The van der Waals surface area contributed by atoms with E-state index in [1.807, 2.05) is 59.2 Å². The second-order valence-electron chi connectivity index (χ2n) is 8.24. The van der Waals surface area contributed by atoms with E-state index in [4.69, 9.17) is 14.2 Å². The predicted molar refractivity (Wildman–Crippen MR) is 123 cm³/mol. The Kier molecular flexibility index (Phi) is 6.39. The normalized spacial score (nSPS) is 19.5. The second kappa shape index (κ2) is 9.77. The number of hydrogen-bond acceptors (Lipinski definition) is 5. The van der Waals surface area contributed by atoms with Crippen LogP contribution in [-0.4, -0.2) is 28.2 Å². The Labute approximate surface area is 200 Å². The molecule has 2 atom stereocenters. The van der Waals surface area contributed by atoms with Crippen LogP contribution in [0.1, 0.15) is 12.0 Å². The van der Waals surface area contributed by atoms with Gasteiger partial charge in [-0.3, -0.25) is 4.79 Å². The molecule has 1 fully saturated rings. The lowest BCUT2D eigenvalue weighted by Crippen LogP contribution is -2.33. The number of nitrogens with zero attached hydrogens (tertiary/aromatic N) is 2. The van der Waals surface area contributed by atoms with E-state index in [2.05, 4.69) is 4.98 Å². The Hall–Kier alpha value is -3.88. The monoisotopic (exact) mass is 476 g/mol. The third-order valence-electron chi connectivity index (χ3n) is 5.76. The summed E-state index contributed by atoms with van der Waals surface area (Å²) in [6.45, 7) is 0.481. The summed E-state index contributed by atoms with van der Waals surface area (Å²) in [5.41, 5.74) is 2.94. The molecule has 8 heteroatoms. The molecule has 0 aliphatic carbocycles. The number of halogens is 2. The fraction of sp³-hybridized carbons (Fsp3) is 0.185. The molecule has 1 aromatic heterocycles. The van der Waals surface area contributed by atoms with Gasteiger partial charge in [-0.25, -0.2) is 13.8 Å². The van der Waals surface area contributed by atoms with E-state index in [-0.39, 0.29) is 18.8 Å². The summed E-state index contributed by atoms with van der Waals surface area (Å²) < 4.78 is 46.0. The lowest BCUT2D eigenvalue weighted by atomic mass is 10.00. The van der Waals surface area contributed by atoms with Gasteiger partial charge < -0.3 is 18.8 Å². The molecule has 5 rings (SSSR count). The first-order chi connectivity index (χ1) is 17.0. The number of imidazole rings is 1. The smallest absolute Gasteiger partial charge is 0.313 e. The first-order valence-electron chi connectivity index (χ1n) is 11.1. The van der Waals surface area contributed by atoms with Crippen molar-refractivity contribution in [2.45, 2.75) is 24.9 Å². The van der Waals surface area contributed by atoms with Gasteiger partial charge in [-0.05, 0) is 23.3 Å². The van der Waals surface area contributed by atoms with Gasteiger partial charge >= 0.3 is 5.97 Å². The van der Waals surface area contributed by atoms with Gasteiger partial charge in [0.25, 0.3) is 0 Å². The number of esters is 1. The maximum Gasteiger partial charge on any atom is 0.313 e. The molecule has 0 radical (unpaired) electrons. The fourth-order valence-electron chi connectivity index (χ4n) is 4.06. The van der Waals surface area contributed by atoms with Crippen LogP contribution in [0.2, 0.25) is 0 Å². The molecule has 0 N–H and O–H groups in total. The minimum absolute atomic E-state index is 0.0750. The molecule has 3 aromatic carbocycles. The van der Waals surface area contributed by atoms with Gasteiger partial charge in [0.1, 0.15) is 5.75 Å². The zero-order valence-corrected chi connectivity index (χ0v) is 18.6. The number of benzene rings is 3. The number of hydrogen-bond donors (Lipinski definition) is 0. The van der Waals surface area contributed by atoms with E-state index in [1.165, 1.54) is 6.07 Å². The van der Waals surface area contributed by atoms with Crippen LogP contribution in [0.15, 0.2) is 91.5 Å². The largest absolute Gasteiger partial charge is 0.426 e. The number of carbonyl (C=O) groups is 1. The summed E-state index contributed by atoms with van der Waals surface area (Å²) in [4.78, 5) is 16.5. The van der Waals surface area contributed by atoms with Gasteiger partial charge in [-0.1, -0.05) is 54.6 Å². The van der Waals surface area contributed by atoms with Crippen LogP contribution in [0.4, 0.5) is 8.78 Å². The van der Waals surface area contributed by atoms with Crippen molar-refractivity contribution in [3.63, 3.8) is 0 Å². The van der Waals surface area contributed by atoms with Gasteiger partial charge in [0.15, 0.2) is 11.6 Å². The summed E-state index contributed by atoms with van der Waals surface area (Å²) in [6, 6.07) is 20.8. The molecule has 1 saturated heterocycles. The maximum absolute atomic E-state index is 13.4. The quantitative estimate of drug-likeness (QED) is 0.275. The zero-order chi connectivity index (χ0) is 24.3. The van der Waals surface area contributed by atoms with Crippen molar-refractivity contribution >= 4 is 5.97 Å². The molecule has 0 spiro atoms. The molecule has 1 aliphatic heterocycles. The number of rotatable bonds is 7. The molecule has 1 aliphatic rings. The fourth-order valence-corrected chi connectivity index (χ4v) is 4.06. The highest BCUT2D eigenvalue weighted by Gasteiger charge is 2.44. The van der Waals surface area contributed by atoms with E-state index >= 15 is 0 Å².